The molecule has 2 nitrogen and oxygen atoms in total. The Bertz CT molecular complexity index is 233. The average Bonchev–Trinajstić information content (AvgIpc) is 2.80. The van der Waals surface area contributed by atoms with Crippen molar-refractivity contribution in [2.75, 3.05) is 7.05 Å². The first kappa shape index (κ1) is 10.0. The summed E-state index contributed by atoms with van der Waals surface area (Å²) in [5.41, 5.74) is 0. The maximum atomic E-state index is 5.86. The van der Waals surface area contributed by atoms with Gasteiger partial charge in [-0.05, 0) is 32.7 Å². The van der Waals surface area contributed by atoms with Crippen LogP contribution in [-0.4, -0.2) is 25.3 Å². The van der Waals surface area contributed by atoms with Crippen LogP contribution in [0.5, 0.6) is 0 Å². The topological polar surface area (TPSA) is 21.3 Å². The molecular weight excluding hydrogens is 174 g/mol. The largest absolute Gasteiger partial charge is 0.375 e. The van der Waals surface area contributed by atoms with Crippen LogP contribution in [0.15, 0.2) is 0 Å². The molecule has 0 aromatic carbocycles. The van der Waals surface area contributed by atoms with Crippen LogP contribution in [0.25, 0.3) is 0 Å². The zero-order valence-corrected chi connectivity index (χ0v) is 8.83. The van der Waals surface area contributed by atoms with Crippen molar-refractivity contribution in [3.8, 4) is 12.3 Å². The molecule has 2 fully saturated rings. The fraction of sp³-hybridized carbons (Fsp3) is 0.833. The number of terminal acetylenes is 1. The Morgan fingerprint density at radius 3 is 2.93 bits per heavy atom. The van der Waals surface area contributed by atoms with Gasteiger partial charge >= 0.3 is 0 Å². The predicted octanol–water partition coefficient (Wildman–Crippen LogP) is 1.56. The van der Waals surface area contributed by atoms with Crippen LogP contribution in [0, 0.1) is 18.3 Å². The van der Waals surface area contributed by atoms with Gasteiger partial charge in [0.2, 0.25) is 0 Å². The highest BCUT2D eigenvalue weighted by molar-refractivity contribution is 4.96. The van der Waals surface area contributed by atoms with E-state index in [0.29, 0.717) is 24.2 Å². The zero-order chi connectivity index (χ0) is 9.97. The minimum absolute atomic E-state index is 0.509. The van der Waals surface area contributed by atoms with Gasteiger partial charge in [0.1, 0.15) is 0 Å². The van der Waals surface area contributed by atoms with Gasteiger partial charge < -0.3 is 10.1 Å². The van der Waals surface area contributed by atoms with E-state index in [2.05, 4.69) is 11.2 Å². The number of fused-ring (bicyclic) bond motifs is 2. The van der Waals surface area contributed by atoms with Crippen LogP contribution in [0.3, 0.4) is 0 Å². The smallest absolute Gasteiger partial charge is 0.0623 e. The molecule has 2 aliphatic heterocycles. The first-order valence-corrected chi connectivity index (χ1v) is 5.61. The van der Waals surface area contributed by atoms with E-state index in [9.17, 15) is 0 Å². The van der Waals surface area contributed by atoms with Gasteiger partial charge in [-0.25, -0.2) is 0 Å². The molecule has 2 bridgehead atoms. The van der Waals surface area contributed by atoms with E-state index in [1.54, 1.807) is 0 Å². The Balaban J connectivity index is 1.89. The lowest BCUT2D eigenvalue weighted by molar-refractivity contribution is 0.0857. The minimum Gasteiger partial charge on any atom is -0.375 e. The Morgan fingerprint density at radius 1 is 1.57 bits per heavy atom. The first-order chi connectivity index (χ1) is 6.85. The fourth-order valence-corrected chi connectivity index (χ4v) is 2.91. The second kappa shape index (κ2) is 4.33. The Morgan fingerprint density at radius 2 is 2.43 bits per heavy atom. The van der Waals surface area contributed by atoms with Crippen molar-refractivity contribution in [2.45, 2.75) is 50.4 Å². The summed E-state index contributed by atoms with van der Waals surface area (Å²) in [7, 11) is 2.03. The van der Waals surface area contributed by atoms with Crippen molar-refractivity contribution in [1.82, 2.24) is 5.32 Å². The lowest BCUT2D eigenvalue weighted by Crippen LogP contribution is -2.38. The quantitative estimate of drug-likeness (QED) is 0.684. The predicted molar refractivity (Wildman–Crippen MR) is 56.9 cm³/mol. The zero-order valence-electron chi connectivity index (χ0n) is 8.83. The lowest BCUT2D eigenvalue weighted by Gasteiger charge is -2.27. The van der Waals surface area contributed by atoms with Crippen LogP contribution in [0.1, 0.15) is 32.1 Å². The van der Waals surface area contributed by atoms with Crippen LogP contribution in [0.4, 0.5) is 0 Å². The number of hydrogen-bond acceptors (Lipinski definition) is 2. The average molecular weight is 193 g/mol. The van der Waals surface area contributed by atoms with Gasteiger partial charge in [-0.1, -0.05) is 0 Å². The third-order valence-corrected chi connectivity index (χ3v) is 3.64. The maximum absolute atomic E-state index is 5.86. The normalized spacial score (nSPS) is 37.0. The summed E-state index contributed by atoms with van der Waals surface area (Å²) in [5.74, 6) is 3.42. The molecule has 0 saturated carbocycles. The Kier molecular flexibility index (Phi) is 3.10. The molecule has 2 aliphatic rings. The number of hydrogen-bond donors (Lipinski definition) is 1. The third-order valence-electron chi connectivity index (χ3n) is 3.64. The number of nitrogens with one attached hydrogen (secondary N) is 1. The summed E-state index contributed by atoms with van der Waals surface area (Å²) in [4.78, 5) is 0. The summed E-state index contributed by atoms with van der Waals surface area (Å²) in [6.07, 6.45) is 12.1. The summed E-state index contributed by atoms with van der Waals surface area (Å²) < 4.78 is 5.86. The van der Waals surface area contributed by atoms with E-state index >= 15 is 0 Å². The van der Waals surface area contributed by atoms with Crippen molar-refractivity contribution in [2.24, 2.45) is 5.92 Å². The third kappa shape index (κ3) is 1.80. The summed E-state index contributed by atoms with van der Waals surface area (Å²) in [6, 6.07) is 0.557. The summed E-state index contributed by atoms with van der Waals surface area (Å²) >= 11 is 0. The minimum atomic E-state index is 0.509. The van der Waals surface area contributed by atoms with E-state index in [4.69, 9.17) is 11.2 Å². The van der Waals surface area contributed by atoms with E-state index in [1.807, 2.05) is 7.05 Å². The van der Waals surface area contributed by atoms with Gasteiger partial charge in [-0.3, -0.25) is 0 Å². The molecule has 0 spiro atoms. The van der Waals surface area contributed by atoms with E-state index in [0.717, 1.165) is 12.8 Å². The van der Waals surface area contributed by atoms with E-state index in [1.165, 1.54) is 19.3 Å². The molecule has 0 amide bonds. The molecule has 0 radical (unpaired) electrons. The molecule has 0 aromatic rings. The van der Waals surface area contributed by atoms with Gasteiger partial charge in [0.15, 0.2) is 0 Å². The van der Waals surface area contributed by atoms with Crippen molar-refractivity contribution >= 4 is 0 Å². The van der Waals surface area contributed by atoms with Gasteiger partial charge in [-0.15, -0.1) is 12.3 Å². The molecule has 14 heavy (non-hydrogen) atoms. The standard InChI is InChI=1S/C12H19NO/c1-3-4-5-11(13-2)10-8-9-6-7-12(10)14-9/h1,9-13H,4-8H2,2H3. The van der Waals surface area contributed by atoms with Gasteiger partial charge in [0.05, 0.1) is 12.2 Å². The maximum Gasteiger partial charge on any atom is 0.0623 e. The van der Waals surface area contributed by atoms with Crippen LogP contribution >= 0.6 is 0 Å². The molecule has 0 aliphatic carbocycles. The molecule has 78 valence electrons. The van der Waals surface area contributed by atoms with Gasteiger partial charge in [-0.2, -0.15) is 0 Å². The lowest BCUT2D eigenvalue weighted by atomic mass is 9.82. The summed E-state index contributed by atoms with van der Waals surface area (Å²) in [6.45, 7) is 0. The van der Waals surface area contributed by atoms with Gasteiger partial charge in [0.25, 0.3) is 0 Å². The second-order valence-electron chi connectivity index (χ2n) is 4.41. The molecular formula is C12H19NO. The number of ether oxygens (including phenoxy) is 1. The summed E-state index contributed by atoms with van der Waals surface area (Å²) in [5, 5.41) is 3.39. The molecule has 4 atom stereocenters. The molecule has 1 N–H and O–H groups in total. The highest BCUT2D eigenvalue weighted by Crippen LogP contribution is 2.41. The van der Waals surface area contributed by atoms with Gasteiger partial charge in [0, 0.05) is 18.4 Å². The first-order valence-electron chi connectivity index (χ1n) is 5.61. The van der Waals surface area contributed by atoms with Crippen LogP contribution < -0.4 is 5.32 Å². The van der Waals surface area contributed by atoms with Crippen molar-refractivity contribution in [1.29, 1.82) is 0 Å². The molecule has 4 unspecified atom stereocenters. The van der Waals surface area contributed by atoms with E-state index < -0.39 is 0 Å². The Hall–Kier alpha value is -0.520. The van der Waals surface area contributed by atoms with Crippen molar-refractivity contribution < 1.29 is 4.74 Å². The highest BCUT2D eigenvalue weighted by Gasteiger charge is 2.43. The molecule has 2 heteroatoms. The molecule has 2 heterocycles. The monoisotopic (exact) mass is 193 g/mol. The van der Waals surface area contributed by atoms with Crippen molar-refractivity contribution in [3.05, 3.63) is 0 Å². The van der Waals surface area contributed by atoms with Crippen molar-refractivity contribution in [3.63, 3.8) is 0 Å². The highest BCUT2D eigenvalue weighted by atomic mass is 16.5. The molecule has 2 saturated heterocycles. The Labute approximate surface area is 86.4 Å². The van der Waals surface area contributed by atoms with Crippen LogP contribution in [-0.2, 0) is 4.74 Å². The number of rotatable bonds is 4. The molecule has 0 aromatic heterocycles. The molecule has 2 rings (SSSR count). The second-order valence-corrected chi connectivity index (χ2v) is 4.41. The van der Waals surface area contributed by atoms with E-state index in [-0.39, 0.29) is 0 Å². The SMILES string of the molecule is C#CCCC(NC)C1CC2CCC1O2. The van der Waals surface area contributed by atoms with Crippen LogP contribution in [0.2, 0.25) is 0 Å². The fourth-order valence-electron chi connectivity index (χ4n) is 2.91.